The number of halogens is 1. The van der Waals surface area contributed by atoms with Gasteiger partial charge in [0, 0.05) is 30.6 Å². The summed E-state index contributed by atoms with van der Waals surface area (Å²) < 4.78 is 13.4. The zero-order valence-corrected chi connectivity index (χ0v) is 17.6. The standard InChI is InChI=1S/C23H23FN4O2S/c24-18-6-4-16(5-7-18)21(20-3-1-2-11-25-20)27-22(29)17-8-12-28(13-9-17)23(30)26-19-10-14-31-15-19/h1-7,10-11,14-15,17,21H,8-9,12-13H2,(H,26,30)(H,27,29). The first kappa shape index (κ1) is 21.0. The Balaban J connectivity index is 1.39. The van der Waals surface area contributed by atoms with Gasteiger partial charge in [-0.3, -0.25) is 9.78 Å². The van der Waals surface area contributed by atoms with Crippen molar-refractivity contribution in [2.75, 3.05) is 18.4 Å². The summed E-state index contributed by atoms with van der Waals surface area (Å²) in [5.74, 6) is -0.613. The highest BCUT2D eigenvalue weighted by Gasteiger charge is 2.29. The normalized spacial score (nSPS) is 15.3. The van der Waals surface area contributed by atoms with E-state index in [1.807, 2.05) is 35.0 Å². The molecule has 6 nitrogen and oxygen atoms in total. The van der Waals surface area contributed by atoms with E-state index < -0.39 is 6.04 Å². The molecule has 0 radical (unpaired) electrons. The highest BCUT2D eigenvalue weighted by molar-refractivity contribution is 7.08. The molecule has 3 amide bonds. The fourth-order valence-electron chi connectivity index (χ4n) is 3.67. The van der Waals surface area contributed by atoms with E-state index in [1.165, 1.54) is 23.5 Å². The minimum absolute atomic E-state index is 0.0853. The Morgan fingerprint density at radius 3 is 2.52 bits per heavy atom. The fourth-order valence-corrected chi connectivity index (χ4v) is 4.26. The Bertz CT molecular complexity index is 1000. The number of carbonyl (C=O) groups excluding carboxylic acids is 2. The summed E-state index contributed by atoms with van der Waals surface area (Å²) in [7, 11) is 0. The summed E-state index contributed by atoms with van der Waals surface area (Å²) in [6, 6.07) is 12.8. The topological polar surface area (TPSA) is 74.3 Å². The maximum absolute atomic E-state index is 13.4. The molecule has 2 aromatic heterocycles. The molecule has 1 atom stereocenters. The van der Waals surface area contributed by atoms with Crippen molar-refractivity contribution in [3.05, 3.63) is 82.6 Å². The van der Waals surface area contributed by atoms with E-state index in [2.05, 4.69) is 15.6 Å². The summed E-state index contributed by atoms with van der Waals surface area (Å²) in [4.78, 5) is 31.5. The molecule has 0 saturated carbocycles. The molecule has 8 heteroatoms. The van der Waals surface area contributed by atoms with Crippen molar-refractivity contribution in [1.29, 1.82) is 0 Å². The van der Waals surface area contributed by atoms with Gasteiger partial charge in [0.1, 0.15) is 5.82 Å². The highest BCUT2D eigenvalue weighted by Crippen LogP contribution is 2.24. The van der Waals surface area contributed by atoms with Crippen LogP contribution in [0.4, 0.5) is 14.9 Å². The number of nitrogens with one attached hydrogen (secondary N) is 2. The van der Waals surface area contributed by atoms with Gasteiger partial charge in [0.15, 0.2) is 0 Å². The van der Waals surface area contributed by atoms with Gasteiger partial charge in [-0.25, -0.2) is 9.18 Å². The Kier molecular flexibility index (Phi) is 6.57. The fraction of sp³-hybridized carbons (Fsp3) is 0.261. The number of thiophene rings is 1. The molecular formula is C23H23FN4O2S. The van der Waals surface area contributed by atoms with Crippen molar-refractivity contribution in [1.82, 2.24) is 15.2 Å². The van der Waals surface area contributed by atoms with Gasteiger partial charge in [-0.1, -0.05) is 18.2 Å². The van der Waals surface area contributed by atoms with Crippen LogP contribution in [0, 0.1) is 11.7 Å². The van der Waals surface area contributed by atoms with E-state index in [4.69, 9.17) is 0 Å². The summed E-state index contributed by atoms with van der Waals surface area (Å²) in [5, 5.41) is 9.74. The number of nitrogens with zero attached hydrogens (tertiary/aromatic N) is 2. The van der Waals surface area contributed by atoms with Gasteiger partial charge in [0.25, 0.3) is 0 Å². The van der Waals surface area contributed by atoms with E-state index in [-0.39, 0.29) is 23.7 Å². The van der Waals surface area contributed by atoms with Crippen LogP contribution in [0.2, 0.25) is 0 Å². The number of hydrogen-bond donors (Lipinski definition) is 2. The molecule has 0 spiro atoms. The van der Waals surface area contributed by atoms with Gasteiger partial charge in [0.2, 0.25) is 5.91 Å². The molecule has 0 aliphatic carbocycles. The molecule has 1 fully saturated rings. The van der Waals surface area contributed by atoms with Crippen LogP contribution >= 0.6 is 11.3 Å². The van der Waals surface area contributed by atoms with Crippen molar-refractivity contribution in [2.45, 2.75) is 18.9 Å². The van der Waals surface area contributed by atoms with E-state index in [9.17, 15) is 14.0 Å². The number of rotatable bonds is 5. The first-order valence-corrected chi connectivity index (χ1v) is 11.1. The number of carbonyl (C=O) groups is 2. The average molecular weight is 439 g/mol. The number of urea groups is 1. The third-order valence-corrected chi connectivity index (χ3v) is 6.08. The van der Waals surface area contributed by atoms with Crippen LogP contribution in [0.5, 0.6) is 0 Å². The molecule has 3 aromatic rings. The molecule has 1 aliphatic heterocycles. The summed E-state index contributed by atoms with van der Waals surface area (Å²) in [5.41, 5.74) is 2.24. The molecule has 3 heterocycles. The van der Waals surface area contributed by atoms with Gasteiger partial charge < -0.3 is 15.5 Å². The molecule has 0 bridgehead atoms. The summed E-state index contributed by atoms with van der Waals surface area (Å²) in [6.45, 7) is 1.03. The molecule has 1 aliphatic rings. The number of pyridine rings is 1. The van der Waals surface area contributed by atoms with Gasteiger partial charge in [-0.15, -0.1) is 0 Å². The minimum Gasteiger partial charge on any atom is -0.343 e. The number of likely N-dealkylation sites (tertiary alicyclic amines) is 1. The molecule has 2 N–H and O–H groups in total. The quantitative estimate of drug-likeness (QED) is 0.619. The highest BCUT2D eigenvalue weighted by atomic mass is 32.1. The second-order valence-electron chi connectivity index (χ2n) is 7.45. The predicted octanol–water partition coefficient (Wildman–Crippen LogP) is 4.43. The van der Waals surface area contributed by atoms with E-state index >= 15 is 0 Å². The number of benzene rings is 1. The SMILES string of the molecule is O=C(NC(c1ccc(F)cc1)c1ccccn1)C1CCN(C(=O)Nc2ccsc2)CC1. The van der Waals surface area contributed by atoms with Gasteiger partial charge in [-0.05, 0) is 54.1 Å². The lowest BCUT2D eigenvalue weighted by Gasteiger charge is -2.32. The Morgan fingerprint density at radius 1 is 1.10 bits per heavy atom. The van der Waals surface area contributed by atoms with Crippen LogP contribution in [0.15, 0.2) is 65.5 Å². The van der Waals surface area contributed by atoms with Crippen molar-refractivity contribution in [3.63, 3.8) is 0 Å². The molecule has 1 aromatic carbocycles. The smallest absolute Gasteiger partial charge is 0.321 e. The predicted molar refractivity (Wildman–Crippen MR) is 118 cm³/mol. The van der Waals surface area contributed by atoms with E-state index in [0.717, 1.165) is 11.3 Å². The van der Waals surface area contributed by atoms with Crippen LogP contribution in [-0.2, 0) is 4.79 Å². The molecule has 4 rings (SSSR count). The molecule has 1 unspecified atom stereocenters. The van der Waals surface area contributed by atoms with Crippen molar-refractivity contribution in [2.24, 2.45) is 5.92 Å². The lowest BCUT2D eigenvalue weighted by molar-refractivity contribution is -0.126. The summed E-state index contributed by atoms with van der Waals surface area (Å²) >= 11 is 1.52. The van der Waals surface area contributed by atoms with Gasteiger partial charge in [-0.2, -0.15) is 11.3 Å². The molecule has 1 saturated heterocycles. The van der Waals surface area contributed by atoms with Crippen LogP contribution in [0.25, 0.3) is 0 Å². The maximum Gasteiger partial charge on any atom is 0.321 e. The zero-order valence-electron chi connectivity index (χ0n) is 16.8. The zero-order chi connectivity index (χ0) is 21.6. The van der Waals surface area contributed by atoms with Crippen LogP contribution in [0.3, 0.4) is 0 Å². The molecular weight excluding hydrogens is 415 g/mol. The largest absolute Gasteiger partial charge is 0.343 e. The van der Waals surface area contributed by atoms with E-state index in [0.29, 0.717) is 31.6 Å². The number of hydrogen-bond acceptors (Lipinski definition) is 4. The Hall–Kier alpha value is -3.26. The minimum atomic E-state index is -0.464. The van der Waals surface area contributed by atoms with Crippen LogP contribution < -0.4 is 10.6 Å². The van der Waals surface area contributed by atoms with Crippen molar-refractivity contribution in [3.8, 4) is 0 Å². The van der Waals surface area contributed by atoms with Crippen LogP contribution in [-0.4, -0.2) is 34.9 Å². The number of piperidine rings is 1. The Morgan fingerprint density at radius 2 is 1.87 bits per heavy atom. The van der Waals surface area contributed by atoms with Crippen molar-refractivity contribution >= 4 is 29.0 Å². The van der Waals surface area contributed by atoms with Gasteiger partial charge >= 0.3 is 6.03 Å². The average Bonchev–Trinajstić information content (AvgIpc) is 3.32. The van der Waals surface area contributed by atoms with Gasteiger partial charge in [0.05, 0.1) is 17.4 Å². The number of aromatic nitrogens is 1. The monoisotopic (exact) mass is 438 g/mol. The Labute approximate surface area is 184 Å². The first-order valence-electron chi connectivity index (χ1n) is 10.1. The number of anilines is 1. The number of amides is 3. The van der Waals surface area contributed by atoms with Crippen LogP contribution in [0.1, 0.15) is 30.1 Å². The molecule has 160 valence electrons. The lowest BCUT2D eigenvalue weighted by atomic mass is 9.94. The van der Waals surface area contributed by atoms with Crippen molar-refractivity contribution < 1.29 is 14.0 Å². The maximum atomic E-state index is 13.4. The first-order chi connectivity index (χ1) is 15.1. The van der Waals surface area contributed by atoms with E-state index in [1.54, 1.807) is 23.2 Å². The second-order valence-corrected chi connectivity index (χ2v) is 8.23. The lowest BCUT2D eigenvalue weighted by Crippen LogP contribution is -2.45. The second kappa shape index (κ2) is 9.70. The summed E-state index contributed by atoms with van der Waals surface area (Å²) in [6.07, 6.45) is 2.84. The molecule has 31 heavy (non-hydrogen) atoms. The third-order valence-electron chi connectivity index (χ3n) is 5.40. The third kappa shape index (κ3) is 5.27.